The zero-order valence-corrected chi connectivity index (χ0v) is 23.0. The zero-order valence-electron chi connectivity index (χ0n) is 20.7. The van der Waals surface area contributed by atoms with Gasteiger partial charge in [-0.1, -0.05) is 33.6 Å². The first-order chi connectivity index (χ1) is 18.2. The van der Waals surface area contributed by atoms with E-state index in [2.05, 4.69) is 31.9 Å². The minimum absolute atomic E-state index is 0.0710. The van der Waals surface area contributed by atoms with Gasteiger partial charge in [0, 0.05) is 48.2 Å². The Kier molecular flexibility index (Phi) is 7.70. The number of amides is 1. The van der Waals surface area contributed by atoms with Gasteiger partial charge in [0.15, 0.2) is 0 Å². The second-order valence-corrected chi connectivity index (χ2v) is 10.9. The molecule has 1 aromatic heterocycles. The number of carbonyl (C=O) groups excluding carboxylic acids is 1. The fourth-order valence-electron chi connectivity index (χ4n) is 4.59. The number of imidazole rings is 1. The lowest BCUT2D eigenvalue weighted by Gasteiger charge is -2.29. The molecule has 6 nitrogen and oxygen atoms in total. The van der Waals surface area contributed by atoms with Crippen molar-refractivity contribution in [3.05, 3.63) is 81.3 Å². The van der Waals surface area contributed by atoms with Crippen LogP contribution < -0.4 is 16.0 Å². The fraction of sp³-hybridized carbons (Fsp3) is 0.286. The largest absolute Gasteiger partial charge is 0.324 e. The Morgan fingerprint density at radius 2 is 1.84 bits per heavy atom. The van der Waals surface area contributed by atoms with Crippen molar-refractivity contribution in [3.8, 4) is 0 Å². The topological polar surface area (TPSA) is 71.0 Å². The van der Waals surface area contributed by atoms with Crippen molar-refractivity contribution in [2.24, 2.45) is 7.05 Å². The van der Waals surface area contributed by atoms with Crippen LogP contribution >= 0.6 is 27.5 Å². The molecule has 0 saturated heterocycles. The Hall–Kier alpha value is -3.01. The summed E-state index contributed by atoms with van der Waals surface area (Å²) < 4.78 is 29.7. The average Bonchev–Trinajstić information content (AvgIpc) is 3.20. The van der Waals surface area contributed by atoms with Crippen LogP contribution in [0.5, 0.6) is 0 Å². The lowest BCUT2D eigenvalue weighted by Crippen LogP contribution is -2.36. The number of nitrogens with one attached hydrogen (secondary N) is 3. The highest BCUT2D eigenvalue weighted by Gasteiger charge is 2.34. The van der Waals surface area contributed by atoms with Gasteiger partial charge in [0.2, 0.25) is 11.9 Å². The van der Waals surface area contributed by atoms with E-state index in [9.17, 15) is 13.6 Å². The Morgan fingerprint density at radius 1 is 1.11 bits per heavy atom. The molecule has 1 amide bonds. The number of halogens is 4. The predicted octanol–water partition coefficient (Wildman–Crippen LogP) is 7.65. The molecule has 10 heteroatoms. The van der Waals surface area contributed by atoms with Crippen molar-refractivity contribution in [1.29, 1.82) is 0 Å². The first kappa shape index (κ1) is 26.6. The SMILES string of the molecule is Cn1c(Nc2cc(CNC3CCC(F)(F)CC3)ccc2Cl)nc2cc(C(=O)Nc3ccc(Br)cc3)ccc21. The predicted molar refractivity (Wildman–Crippen MR) is 152 cm³/mol. The van der Waals surface area contributed by atoms with Gasteiger partial charge >= 0.3 is 0 Å². The van der Waals surface area contributed by atoms with E-state index < -0.39 is 5.92 Å². The summed E-state index contributed by atoms with van der Waals surface area (Å²) in [5.41, 5.74) is 4.40. The minimum atomic E-state index is -2.54. The third kappa shape index (κ3) is 6.17. The highest BCUT2D eigenvalue weighted by atomic mass is 79.9. The number of nitrogens with zero attached hydrogens (tertiary/aromatic N) is 2. The van der Waals surface area contributed by atoms with Gasteiger partial charge in [0.1, 0.15) is 0 Å². The van der Waals surface area contributed by atoms with Crippen molar-refractivity contribution >= 4 is 61.8 Å². The van der Waals surface area contributed by atoms with E-state index in [1.54, 1.807) is 12.1 Å². The summed E-state index contributed by atoms with van der Waals surface area (Å²) in [5.74, 6) is -2.18. The molecule has 198 valence electrons. The number of aryl methyl sites for hydroxylation is 1. The summed E-state index contributed by atoms with van der Waals surface area (Å²) >= 11 is 9.86. The van der Waals surface area contributed by atoms with Crippen molar-refractivity contribution in [2.75, 3.05) is 10.6 Å². The Balaban J connectivity index is 1.29. The van der Waals surface area contributed by atoms with Gasteiger partial charge in [-0.25, -0.2) is 13.8 Å². The number of aromatic nitrogens is 2. The normalized spacial score (nSPS) is 15.5. The highest BCUT2D eigenvalue weighted by Crippen LogP contribution is 2.33. The molecule has 1 aliphatic rings. The third-order valence-electron chi connectivity index (χ3n) is 6.83. The molecule has 0 spiro atoms. The van der Waals surface area contributed by atoms with Gasteiger partial charge < -0.3 is 20.5 Å². The molecule has 3 aromatic carbocycles. The molecule has 1 aliphatic carbocycles. The van der Waals surface area contributed by atoms with E-state index in [0.29, 0.717) is 52.8 Å². The minimum Gasteiger partial charge on any atom is -0.324 e. The van der Waals surface area contributed by atoms with Crippen LogP contribution in [0.3, 0.4) is 0 Å². The van der Waals surface area contributed by atoms with E-state index >= 15 is 0 Å². The highest BCUT2D eigenvalue weighted by molar-refractivity contribution is 9.10. The van der Waals surface area contributed by atoms with E-state index in [1.807, 2.05) is 60.1 Å². The molecule has 0 bridgehead atoms. The van der Waals surface area contributed by atoms with Crippen molar-refractivity contribution < 1.29 is 13.6 Å². The number of benzene rings is 3. The first-order valence-electron chi connectivity index (χ1n) is 12.4. The second kappa shape index (κ2) is 11.0. The van der Waals surface area contributed by atoms with Crippen molar-refractivity contribution in [2.45, 2.75) is 44.2 Å². The number of rotatable bonds is 7. The molecular weight excluding hydrogens is 576 g/mol. The van der Waals surface area contributed by atoms with Crippen LogP contribution in [0.1, 0.15) is 41.6 Å². The molecule has 1 heterocycles. The number of alkyl halides is 2. The van der Waals surface area contributed by atoms with Crippen molar-refractivity contribution in [3.63, 3.8) is 0 Å². The number of hydrogen-bond acceptors (Lipinski definition) is 4. The molecule has 38 heavy (non-hydrogen) atoms. The zero-order chi connectivity index (χ0) is 26.9. The van der Waals surface area contributed by atoms with Gasteiger partial charge in [-0.3, -0.25) is 4.79 Å². The molecular formula is C28H27BrClF2N5O. The van der Waals surface area contributed by atoms with Crippen LogP contribution in [-0.2, 0) is 13.6 Å². The molecule has 1 fully saturated rings. The first-order valence-corrected chi connectivity index (χ1v) is 13.5. The summed E-state index contributed by atoms with van der Waals surface area (Å²) in [5, 5.41) is 10.1. The number of carbonyl (C=O) groups is 1. The van der Waals surface area contributed by atoms with Gasteiger partial charge in [-0.05, 0) is 73.0 Å². The van der Waals surface area contributed by atoms with Gasteiger partial charge in [0.25, 0.3) is 5.91 Å². The van der Waals surface area contributed by atoms with Gasteiger partial charge in [-0.15, -0.1) is 0 Å². The molecule has 0 radical (unpaired) electrons. The summed E-state index contributed by atoms with van der Waals surface area (Å²) in [6.45, 7) is 0.557. The standard InChI is InChI=1S/C28H27BrClF2N5O/c1-37-25-9-3-18(26(38)34-21-6-4-19(29)5-7-21)15-24(25)36-27(37)35-23-14-17(2-8-22(23)30)16-33-20-10-12-28(31,32)13-11-20/h2-9,14-15,20,33H,10-13,16H2,1H3,(H,34,38)(H,35,36). The third-order valence-corrected chi connectivity index (χ3v) is 7.69. The number of fused-ring (bicyclic) bond motifs is 1. The summed E-state index contributed by atoms with van der Waals surface area (Å²) in [7, 11) is 1.89. The maximum absolute atomic E-state index is 13.4. The van der Waals surface area contributed by atoms with E-state index in [0.717, 1.165) is 15.6 Å². The number of anilines is 3. The lowest BCUT2D eigenvalue weighted by molar-refractivity contribution is -0.0405. The Bertz CT molecular complexity index is 1460. The van der Waals surface area contributed by atoms with Crippen molar-refractivity contribution in [1.82, 2.24) is 14.9 Å². The van der Waals surface area contributed by atoms with Crippen LogP contribution in [-0.4, -0.2) is 27.4 Å². The molecule has 5 rings (SSSR count). The maximum atomic E-state index is 13.4. The van der Waals surface area contributed by atoms with Crippen LogP contribution in [0.2, 0.25) is 5.02 Å². The fourth-order valence-corrected chi connectivity index (χ4v) is 5.02. The van der Waals surface area contributed by atoms with Crippen LogP contribution in [0.25, 0.3) is 11.0 Å². The smallest absolute Gasteiger partial charge is 0.255 e. The number of hydrogen-bond donors (Lipinski definition) is 3. The quantitative estimate of drug-likeness (QED) is 0.203. The maximum Gasteiger partial charge on any atom is 0.255 e. The van der Waals surface area contributed by atoms with E-state index in [-0.39, 0.29) is 24.8 Å². The average molecular weight is 603 g/mol. The van der Waals surface area contributed by atoms with Crippen LogP contribution in [0.4, 0.5) is 26.1 Å². The Morgan fingerprint density at radius 3 is 2.58 bits per heavy atom. The molecule has 1 saturated carbocycles. The molecule has 0 atom stereocenters. The van der Waals surface area contributed by atoms with Gasteiger partial charge in [0.05, 0.1) is 21.7 Å². The summed E-state index contributed by atoms with van der Waals surface area (Å²) in [4.78, 5) is 17.5. The monoisotopic (exact) mass is 601 g/mol. The molecule has 4 aromatic rings. The lowest BCUT2D eigenvalue weighted by atomic mass is 9.92. The van der Waals surface area contributed by atoms with Crippen LogP contribution in [0, 0.1) is 0 Å². The summed E-state index contributed by atoms with van der Waals surface area (Å²) in [6.07, 6.45) is 0.792. The van der Waals surface area contributed by atoms with Gasteiger partial charge in [-0.2, -0.15) is 0 Å². The van der Waals surface area contributed by atoms with E-state index in [4.69, 9.17) is 16.6 Å². The van der Waals surface area contributed by atoms with Crippen LogP contribution in [0.15, 0.2) is 65.1 Å². The molecule has 0 unspecified atom stereocenters. The second-order valence-electron chi connectivity index (χ2n) is 9.61. The van der Waals surface area contributed by atoms with E-state index in [1.165, 1.54) is 0 Å². The molecule has 3 N–H and O–H groups in total. The Labute approximate surface area is 232 Å². The summed E-state index contributed by atoms with van der Waals surface area (Å²) in [6, 6.07) is 18.5. The molecule has 0 aliphatic heterocycles.